The first kappa shape index (κ1) is 13.1. The zero-order valence-corrected chi connectivity index (χ0v) is 10.8. The number of fused-ring (bicyclic) bond motifs is 1. The Balaban J connectivity index is 1.97. The van der Waals surface area contributed by atoms with Crippen LogP contribution in [0.1, 0.15) is 12.6 Å². The number of ether oxygens (including phenoxy) is 2. The molecule has 2 aliphatic heterocycles. The number of aliphatic hydroxyl groups is 2. The van der Waals surface area contributed by atoms with E-state index in [0.29, 0.717) is 18.1 Å². The molecule has 2 fully saturated rings. The molecule has 0 bridgehead atoms. The second kappa shape index (κ2) is 4.57. The number of hydrogen-bond acceptors (Lipinski definition) is 5. The van der Waals surface area contributed by atoms with Crippen LogP contribution in [0.2, 0.25) is 5.02 Å². The zero-order valence-electron chi connectivity index (χ0n) is 10.0. The van der Waals surface area contributed by atoms with Crippen molar-refractivity contribution >= 4 is 11.6 Å². The normalized spacial score (nSPS) is 37.5. The van der Waals surface area contributed by atoms with Crippen molar-refractivity contribution in [2.45, 2.75) is 30.5 Å². The standard InChI is InChI=1S/C12H14ClNO5/c13-7-1-3-14(8(16)5-7)11-9(17)10-12(6-15,19-11)2-4-18-10/h1,3,5,9-11,15,17H,2,4,6H2/t9?,10?,11-,12?/m1/s1. The van der Waals surface area contributed by atoms with Gasteiger partial charge in [0.05, 0.1) is 13.2 Å². The van der Waals surface area contributed by atoms with Gasteiger partial charge in [0.2, 0.25) is 0 Å². The number of aliphatic hydroxyl groups excluding tert-OH is 2. The third-order valence-electron chi connectivity index (χ3n) is 3.75. The predicted octanol–water partition coefficient (Wildman–Crippen LogP) is -0.0886. The molecule has 1 aromatic rings. The van der Waals surface area contributed by atoms with E-state index >= 15 is 0 Å². The first-order valence-corrected chi connectivity index (χ1v) is 6.41. The number of rotatable bonds is 2. The van der Waals surface area contributed by atoms with E-state index in [2.05, 4.69) is 0 Å². The van der Waals surface area contributed by atoms with Crippen LogP contribution in [0.5, 0.6) is 0 Å². The fraction of sp³-hybridized carbons (Fsp3) is 0.583. The molecule has 1 aromatic heterocycles. The fourth-order valence-electron chi connectivity index (χ4n) is 2.75. The molecule has 3 rings (SSSR count). The van der Waals surface area contributed by atoms with Gasteiger partial charge in [-0.05, 0) is 6.07 Å². The molecule has 2 N–H and O–H groups in total. The lowest BCUT2D eigenvalue weighted by molar-refractivity contribution is -0.110. The summed E-state index contributed by atoms with van der Waals surface area (Å²) in [5, 5.41) is 20.1. The Labute approximate surface area is 114 Å². The summed E-state index contributed by atoms with van der Waals surface area (Å²) in [6.07, 6.45) is -0.546. The van der Waals surface area contributed by atoms with E-state index in [0.717, 1.165) is 0 Å². The van der Waals surface area contributed by atoms with E-state index in [9.17, 15) is 15.0 Å². The number of halogens is 1. The summed E-state index contributed by atoms with van der Waals surface area (Å²) in [6.45, 7) is 0.165. The number of pyridine rings is 1. The Kier molecular flexibility index (Phi) is 3.15. The molecule has 7 heteroatoms. The highest BCUT2D eigenvalue weighted by atomic mass is 35.5. The van der Waals surface area contributed by atoms with E-state index in [1.54, 1.807) is 6.07 Å². The van der Waals surface area contributed by atoms with Gasteiger partial charge in [-0.1, -0.05) is 11.6 Å². The molecular weight excluding hydrogens is 274 g/mol. The van der Waals surface area contributed by atoms with Crippen molar-refractivity contribution in [3.8, 4) is 0 Å². The molecule has 3 heterocycles. The Morgan fingerprint density at radius 1 is 1.58 bits per heavy atom. The lowest BCUT2D eigenvalue weighted by Crippen LogP contribution is -2.42. The molecule has 4 atom stereocenters. The van der Waals surface area contributed by atoms with Gasteiger partial charge in [-0.2, -0.15) is 0 Å². The van der Waals surface area contributed by atoms with Gasteiger partial charge < -0.3 is 19.7 Å². The van der Waals surface area contributed by atoms with Crippen LogP contribution in [0.4, 0.5) is 0 Å². The molecule has 104 valence electrons. The quantitative estimate of drug-likeness (QED) is 0.795. The minimum absolute atomic E-state index is 0.256. The third-order valence-corrected chi connectivity index (χ3v) is 3.99. The Bertz CT molecular complexity index is 547. The highest BCUT2D eigenvalue weighted by molar-refractivity contribution is 6.30. The van der Waals surface area contributed by atoms with Crippen LogP contribution in [-0.2, 0) is 9.47 Å². The summed E-state index contributed by atoms with van der Waals surface area (Å²) < 4.78 is 12.4. The number of aromatic nitrogens is 1. The molecule has 19 heavy (non-hydrogen) atoms. The average molecular weight is 288 g/mol. The van der Waals surface area contributed by atoms with Gasteiger partial charge in [0.1, 0.15) is 17.8 Å². The van der Waals surface area contributed by atoms with Gasteiger partial charge >= 0.3 is 0 Å². The predicted molar refractivity (Wildman–Crippen MR) is 66.0 cm³/mol. The van der Waals surface area contributed by atoms with Crippen molar-refractivity contribution in [1.82, 2.24) is 4.57 Å². The zero-order chi connectivity index (χ0) is 13.6. The Morgan fingerprint density at radius 3 is 3.00 bits per heavy atom. The summed E-state index contributed by atoms with van der Waals surface area (Å²) in [4.78, 5) is 11.9. The van der Waals surface area contributed by atoms with Crippen LogP contribution in [0.15, 0.2) is 23.1 Å². The maximum atomic E-state index is 11.9. The summed E-state index contributed by atoms with van der Waals surface area (Å²) in [5.74, 6) is 0. The second-order valence-electron chi connectivity index (χ2n) is 4.85. The smallest absolute Gasteiger partial charge is 0.254 e. The van der Waals surface area contributed by atoms with Crippen LogP contribution < -0.4 is 5.56 Å². The van der Waals surface area contributed by atoms with Crippen molar-refractivity contribution in [2.75, 3.05) is 13.2 Å². The highest BCUT2D eigenvalue weighted by Gasteiger charge is 2.58. The van der Waals surface area contributed by atoms with Gasteiger partial charge in [0.15, 0.2) is 6.23 Å². The lowest BCUT2D eigenvalue weighted by Gasteiger charge is -2.24. The van der Waals surface area contributed by atoms with E-state index < -0.39 is 24.0 Å². The molecule has 2 aliphatic rings. The Morgan fingerprint density at radius 2 is 2.37 bits per heavy atom. The Hall–Kier alpha value is -0.920. The van der Waals surface area contributed by atoms with Crippen LogP contribution in [0.25, 0.3) is 0 Å². The van der Waals surface area contributed by atoms with Crippen molar-refractivity contribution in [1.29, 1.82) is 0 Å². The second-order valence-corrected chi connectivity index (χ2v) is 5.29. The first-order valence-electron chi connectivity index (χ1n) is 6.03. The SMILES string of the molecule is O=c1cc(Cl)ccn1[C@@H]1OC2(CO)CCOC2C1O. The van der Waals surface area contributed by atoms with Crippen molar-refractivity contribution in [2.24, 2.45) is 0 Å². The van der Waals surface area contributed by atoms with E-state index in [4.69, 9.17) is 21.1 Å². The van der Waals surface area contributed by atoms with Crippen LogP contribution in [0.3, 0.4) is 0 Å². The topological polar surface area (TPSA) is 80.9 Å². The molecule has 0 aliphatic carbocycles. The van der Waals surface area contributed by atoms with E-state index in [-0.39, 0.29) is 12.2 Å². The van der Waals surface area contributed by atoms with Gasteiger partial charge in [0.25, 0.3) is 5.56 Å². The highest BCUT2D eigenvalue weighted by Crippen LogP contribution is 2.44. The minimum atomic E-state index is -1.01. The lowest BCUT2D eigenvalue weighted by atomic mass is 9.95. The van der Waals surface area contributed by atoms with Crippen molar-refractivity contribution in [3.05, 3.63) is 33.7 Å². The van der Waals surface area contributed by atoms with Crippen molar-refractivity contribution < 1.29 is 19.7 Å². The summed E-state index contributed by atoms with van der Waals surface area (Å²) in [7, 11) is 0. The van der Waals surface area contributed by atoms with E-state index in [1.165, 1.54) is 16.8 Å². The van der Waals surface area contributed by atoms with Crippen LogP contribution in [0, 0.1) is 0 Å². The monoisotopic (exact) mass is 287 g/mol. The number of hydrogen-bond donors (Lipinski definition) is 2. The van der Waals surface area contributed by atoms with Gasteiger partial charge in [-0.15, -0.1) is 0 Å². The first-order chi connectivity index (χ1) is 9.07. The molecular formula is C12H14ClNO5. The fourth-order valence-corrected chi connectivity index (χ4v) is 2.90. The minimum Gasteiger partial charge on any atom is -0.393 e. The van der Waals surface area contributed by atoms with Crippen molar-refractivity contribution in [3.63, 3.8) is 0 Å². The summed E-state index contributed by atoms with van der Waals surface area (Å²) in [5.41, 5.74) is -1.30. The van der Waals surface area contributed by atoms with E-state index in [1.807, 2.05) is 0 Å². The summed E-state index contributed by atoms with van der Waals surface area (Å²) in [6, 6.07) is 2.79. The molecule has 0 radical (unpaired) electrons. The van der Waals surface area contributed by atoms with Gasteiger partial charge in [0, 0.05) is 23.7 Å². The average Bonchev–Trinajstić information content (AvgIpc) is 2.90. The largest absolute Gasteiger partial charge is 0.393 e. The third kappa shape index (κ3) is 1.91. The maximum Gasteiger partial charge on any atom is 0.254 e. The molecule has 0 aromatic carbocycles. The summed E-state index contributed by atoms with van der Waals surface area (Å²) >= 11 is 5.73. The molecule has 6 nitrogen and oxygen atoms in total. The number of nitrogens with zero attached hydrogens (tertiary/aromatic N) is 1. The molecule has 2 saturated heterocycles. The molecule has 0 amide bonds. The molecule has 0 spiro atoms. The van der Waals surface area contributed by atoms with Crippen LogP contribution in [-0.4, -0.2) is 45.8 Å². The van der Waals surface area contributed by atoms with Crippen LogP contribution >= 0.6 is 11.6 Å². The van der Waals surface area contributed by atoms with Gasteiger partial charge in [-0.25, -0.2) is 0 Å². The molecule has 0 saturated carbocycles. The maximum absolute atomic E-state index is 11.9. The molecule has 3 unspecified atom stereocenters. The van der Waals surface area contributed by atoms with Gasteiger partial charge in [-0.3, -0.25) is 9.36 Å².